The van der Waals surface area contributed by atoms with Gasteiger partial charge in [0.25, 0.3) is 10.1 Å². The third-order valence-corrected chi connectivity index (χ3v) is 2.19. The predicted molar refractivity (Wildman–Crippen MR) is 42.3 cm³/mol. The van der Waals surface area contributed by atoms with Crippen molar-refractivity contribution in [2.45, 2.75) is 4.90 Å². The predicted octanol–water partition coefficient (Wildman–Crippen LogP) is 0.221. The lowest BCUT2D eigenvalue weighted by molar-refractivity contribution is 0.445. The van der Waals surface area contributed by atoms with Gasteiger partial charge in [0.2, 0.25) is 0 Å². The minimum Gasteiger partial charge on any atom is -0.504 e. The molecule has 6 heteroatoms. The summed E-state index contributed by atoms with van der Waals surface area (Å²) in [7, 11) is -4.39. The molecule has 0 bridgehead atoms. The van der Waals surface area contributed by atoms with Gasteiger partial charge >= 0.3 is 0 Å². The average molecular weight is 189 g/mol. The average Bonchev–Trinajstić information content (AvgIpc) is 1.92. The maximum absolute atomic E-state index is 10.5. The molecule has 0 aromatic heterocycles. The number of hydrogen-bond acceptors (Lipinski definition) is 4. The van der Waals surface area contributed by atoms with Crippen LogP contribution in [0.5, 0.6) is 5.75 Å². The van der Waals surface area contributed by atoms with Gasteiger partial charge in [-0.25, -0.2) is 0 Å². The highest BCUT2D eigenvalue weighted by atomic mass is 32.2. The molecule has 0 unspecified atom stereocenters. The molecule has 0 aliphatic carbocycles. The lowest BCUT2D eigenvalue weighted by Crippen LogP contribution is -1.99. The number of anilines is 1. The number of phenols is 1. The van der Waals surface area contributed by atoms with Crippen LogP contribution in [0, 0.1) is 0 Å². The minimum atomic E-state index is -4.39. The number of benzene rings is 1. The largest absolute Gasteiger partial charge is 0.504 e. The summed E-state index contributed by atoms with van der Waals surface area (Å²) in [5.74, 6) is -0.625. The highest BCUT2D eigenvalue weighted by Gasteiger charge is 2.15. The Hall–Kier alpha value is -1.27. The third-order valence-electron chi connectivity index (χ3n) is 1.31. The zero-order chi connectivity index (χ0) is 9.35. The van der Waals surface area contributed by atoms with Gasteiger partial charge in [0.05, 0.1) is 5.69 Å². The van der Waals surface area contributed by atoms with E-state index in [0.717, 1.165) is 6.07 Å². The summed E-state index contributed by atoms with van der Waals surface area (Å²) < 4.78 is 29.6. The van der Waals surface area contributed by atoms with Gasteiger partial charge in [-0.3, -0.25) is 4.55 Å². The molecule has 4 N–H and O–H groups in total. The molecule has 0 aliphatic rings. The molecule has 0 amide bonds. The Labute approximate surface area is 69.2 Å². The van der Waals surface area contributed by atoms with Crippen LogP contribution in [-0.4, -0.2) is 18.1 Å². The van der Waals surface area contributed by atoms with Crippen LogP contribution in [0.25, 0.3) is 0 Å². The highest BCUT2D eigenvalue weighted by Crippen LogP contribution is 2.27. The monoisotopic (exact) mass is 189 g/mol. The molecule has 0 saturated carbocycles. The molecule has 1 aromatic rings. The summed E-state index contributed by atoms with van der Waals surface area (Å²) in [6, 6.07) is 3.70. The summed E-state index contributed by atoms with van der Waals surface area (Å²) in [5.41, 5.74) is 5.10. The first-order chi connectivity index (χ1) is 5.43. The standard InChI is InChI=1S/C6H7NO4S/c7-4-2-1-3-5(6(4)8)12(9,10)11/h1-3,8H,7H2,(H,9,10,11). The summed E-state index contributed by atoms with van der Waals surface area (Å²) in [4.78, 5) is -0.581. The van der Waals surface area contributed by atoms with Gasteiger partial charge in [0.1, 0.15) is 4.90 Å². The van der Waals surface area contributed by atoms with E-state index in [9.17, 15) is 8.42 Å². The molecule has 1 rings (SSSR count). The Morgan fingerprint density at radius 3 is 2.33 bits per heavy atom. The van der Waals surface area contributed by atoms with E-state index in [-0.39, 0.29) is 5.69 Å². The van der Waals surface area contributed by atoms with Gasteiger partial charge < -0.3 is 10.8 Å². The maximum atomic E-state index is 10.5. The van der Waals surface area contributed by atoms with Crippen molar-refractivity contribution in [3.8, 4) is 5.75 Å². The van der Waals surface area contributed by atoms with Crippen LogP contribution in [0.3, 0.4) is 0 Å². The summed E-state index contributed by atoms with van der Waals surface area (Å²) in [6.07, 6.45) is 0. The highest BCUT2D eigenvalue weighted by molar-refractivity contribution is 7.86. The molecule has 0 heterocycles. The second-order valence-electron chi connectivity index (χ2n) is 2.17. The number of nitrogens with two attached hydrogens (primary N) is 1. The van der Waals surface area contributed by atoms with E-state index in [4.69, 9.17) is 15.4 Å². The normalized spacial score (nSPS) is 11.4. The minimum absolute atomic E-state index is 0.0925. The van der Waals surface area contributed by atoms with E-state index in [1.807, 2.05) is 0 Å². The zero-order valence-corrected chi connectivity index (χ0v) is 6.75. The lowest BCUT2D eigenvalue weighted by Gasteiger charge is -2.02. The number of hydrogen-bond donors (Lipinski definition) is 3. The van der Waals surface area contributed by atoms with Crippen LogP contribution >= 0.6 is 0 Å². The Bertz CT molecular complexity index is 398. The first kappa shape index (κ1) is 8.82. The van der Waals surface area contributed by atoms with Crippen molar-refractivity contribution in [3.63, 3.8) is 0 Å². The molecule has 0 spiro atoms. The van der Waals surface area contributed by atoms with Crippen LogP contribution in [0.2, 0.25) is 0 Å². The quantitative estimate of drug-likeness (QED) is 0.333. The lowest BCUT2D eigenvalue weighted by atomic mass is 10.3. The number of rotatable bonds is 1. The second-order valence-corrected chi connectivity index (χ2v) is 3.56. The van der Waals surface area contributed by atoms with Crippen molar-refractivity contribution < 1.29 is 18.1 Å². The van der Waals surface area contributed by atoms with Crippen LogP contribution in [0.1, 0.15) is 0 Å². The number of phenolic OH excluding ortho intramolecular Hbond substituents is 1. The molecule has 66 valence electrons. The molecule has 0 fully saturated rings. The van der Waals surface area contributed by atoms with Crippen LogP contribution in [0.4, 0.5) is 5.69 Å². The van der Waals surface area contributed by atoms with Crippen molar-refractivity contribution >= 4 is 15.8 Å². The Balaban J connectivity index is 3.47. The fourth-order valence-electron chi connectivity index (χ4n) is 0.747. The SMILES string of the molecule is Nc1cccc(S(=O)(=O)O)c1O. The molecule has 5 nitrogen and oxygen atoms in total. The zero-order valence-electron chi connectivity index (χ0n) is 5.93. The first-order valence-electron chi connectivity index (χ1n) is 2.98. The molecule has 12 heavy (non-hydrogen) atoms. The van der Waals surface area contributed by atoms with Gasteiger partial charge in [-0.05, 0) is 12.1 Å². The van der Waals surface area contributed by atoms with Crippen LogP contribution in [-0.2, 0) is 10.1 Å². The van der Waals surface area contributed by atoms with E-state index in [0.29, 0.717) is 0 Å². The first-order valence-corrected chi connectivity index (χ1v) is 4.42. The van der Waals surface area contributed by atoms with E-state index >= 15 is 0 Å². The van der Waals surface area contributed by atoms with Gasteiger partial charge in [-0.1, -0.05) is 6.07 Å². The molecule has 1 aromatic carbocycles. The molecule has 0 aliphatic heterocycles. The van der Waals surface area contributed by atoms with Crippen molar-refractivity contribution in [3.05, 3.63) is 18.2 Å². The van der Waals surface area contributed by atoms with Crippen molar-refractivity contribution in [2.24, 2.45) is 0 Å². The Morgan fingerprint density at radius 1 is 1.33 bits per heavy atom. The fourth-order valence-corrected chi connectivity index (χ4v) is 1.36. The second kappa shape index (κ2) is 2.65. The van der Waals surface area contributed by atoms with Gasteiger partial charge in [0.15, 0.2) is 5.75 Å². The number of nitrogen functional groups attached to an aromatic ring is 1. The maximum Gasteiger partial charge on any atom is 0.298 e. The van der Waals surface area contributed by atoms with Gasteiger partial charge in [-0.15, -0.1) is 0 Å². The molecular formula is C6H7NO4S. The van der Waals surface area contributed by atoms with Crippen LogP contribution < -0.4 is 5.73 Å². The van der Waals surface area contributed by atoms with E-state index in [1.54, 1.807) is 0 Å². The van der Waals surface area contributed by atoms with Crippen molar-refractivity contribution in [2.75, 3.05) is 5.73 Å². The Morgan fingerprint density at radius 2 is 1.92 bits per heavy atom. The van der Waals surface area contributed by atoms with Crippen LogP contribution in [0.15, 0.2) is 23.1 Å². The molecular weight excluding hydrogens is 182 g/mol. The Kier molecular flexibility index (Phi) is 1.95. The number of aromatic hydroxyl groups is 1. The third kappa shape index (κ3) is 1.49. The van der Waals surface area contributed by atoms with E-state index in [1.165, 1.54) is 12.1 Å². The number of para-hydroxylation sites is 1. The topological polar surface area (TPSA) is 101 Å². The van der Waals surface area contributed by atoms with Crippen molar-refractivity contribution in [1.29, 1.82) is 0 Å². The van der Waals surface area contributed by atoms with E-state index < -0.39 is 20.8 Å². The molecule has 0 saturated heterocycles. The summed E-state index contributed by atoms with van der Waals surface area (Å²) in [6.45, 7) is 0. The molecule has 0 atom stereocenters. The van der Waals surface area contributed by atoms with Crippen molar-refractivity contribution in [1.82, 2.24) is 0 Å². The van der Waals surface area contributed by atoms with Gasteiger partial charge in [-0.2, -0.15) is 8.42 Å². The fraction of sp³-hybridized carbons (Fsp3) is 0. The smallest absolute Gasteiger partial charge is 0.298 e. The van der Waals surface area contributed by atoms with Gasteiger partial charge in [0, 0.05) is 0 Å². The summed E-state index contributed by atoms with van der Waals surface area (Å²) >= 11 is 0. The van der Waals surface area contributed by atoms with E-state index in [2.05, 4.69) is 0 Å². The molecule has 0 radical (unpaired) electrons. The summed E-state index contributed by atoms with van der Waals surface area (Å²) in [5, 5.41) is 9.07.